The lowest BCUT2D eigenvalue weighted by Gasteiger charge is -2.16. The first-order valence-corrected chi connectivity index (χ1v) is 5.97. The van der Waals surface area contributed by atoms with Gasteiger partial charge in [-0.25, -0.2) is 0 Å². The molecule has 3 nitrogen and oxygen atoms in total. The highest BCUT2D eigenvalue weighted by atomic mass is 79.9. The Morgan fingerprint density at radius 3 is 2.62 bits per heavy atom. The zero-order valence-corrected chi connectivity index (χ0v) is 11.5. The molecule has 0 fully saturated rings. The average Bonchev–Trinajstić information content (AvgIpc) is 2.16. The molecule has 1 aromatic carbocycles. The Kier molecular flexibility index (Phi) is 5.25. The lowest BCUT2D eigenvalue weighted by atomic mass is 10.1. The van der Waals surface area contributed by atoms with Gasteiger partial charge in [-0.1, -0.05) is 6.07 Å². The van der Waals surface area contributed by atoms with E-state index in [0.29, 0.717) is 13.0 Å². The van der Waals surface area contributed by atoms with Crippen LogP contribution in [0.4, 0.5) is 0 Å². The highest BCUT2D eigenvalue weighted by Crippen LogP contribution is 2.25. The van der Waals surface area contributed by atoms with E-state index in [0.717, 1.165) is 15.8 Å². The van der Waals surface area contributed by atoms with Crippen molar-refractivity contribution in [2.75, 3.05) is 27.7 Å². The number of nitrogens with zero attached hydrogens (tertiary/aromatic N) is 1. The van der Waals surface area contributed by atoms with Crippen LogP contribution < -0.4 is 4.74 Å². The Morgan fingerprint density at radius 2 is 2.12 bits per heavy atom. The maximum atomic E-state index is 9.80. The minimum Gasteiger partial charge on any atom is -0.496 e. The smallest absolute Gasteiger partial charge is 0.133 e. The van der Waals surface area contributed by atoms with Gasteiger partial charge in [0.15, 0.2) is 0 Å². The number of methoxy groups -OCH3 is 1. The molecule has 1 unspecified atom stereocenters. The maximum absolute atomic E-state index is 9.80. The minimum absolute atomic E-state index is 0.338. The van der Waals surface area contributed by atoms with Crippen LogP contribution in [-0.4, -0.2) is 43.9 Å². The molecular formula is C12H18BrNO2. The van der Waals surface area contributed by atoms with E-state index in [4.69, 9.17) is 4.74 Å². The monoisotopic (exact) mass is 287 g/mol. The van der Waals surface area contributed by atoms with Crippen molar-refractivity contribution in [2.45, 2.75) is 12.5 Å². The van der Waals surface area contributed by atoms with Crippen LogP contribution >= 0.6 is 15.9 Å². The minimum atomic E-state index is -0.338. The fourth-order valence-corrected chi connectivity index (χ4v) is 2.18. The number of rotatable bonds is 5. The highest BCUT2D eigenvalue weighted by molar-refractivity contribution is 9.10. The molecule has 0 saturated carbocycles. The van der Waals surface area contributed by atoms with Gasteiger partial charge in [0.2, 0.25) is 0 Å². The van der Waals surface area contributed by atoms with Gasteiger partial charge >= 0.3 is 0 Å². The van der Waals surface area contributed by atoms with Gasteiger partial charge in [-0.15, -0.1) is 0 Å². The first-order chi connectivity index (χ1) is 7.52. The van der Waals surface area contributed by atoms with E-state index < -0.39 is 0 Å². The summed E-state index contributed by atoms with van der Waals surface area (Å²) >= 11 is 3.43. The molecule has 1 rings (SSSR count). The molecule has 16 heavy (non-hydrogen) atoms. The topological polar surface area (TPSA) is 32.7 Å². The zero-order valence-electron chi connectivity index (χ0n) is 9.90. The Labute approximate surface area is 105 Å². The molecule has 4 heteroatoms. The van der Waals surface area contributed by atoms with Crippen molar-refractivity contribution in [3.05, 3.63) is 28.2 Å². The molecule has 0 aromatic heterocycles. The molecule has 90 valence electrons. The second kappa shape index (κ2) is 6.23. The molecule has 0 heterocycles. The molecule has 1 atom stereocenters. The summed E-state index contributed by atoms with van der Waals surface area (Å²) in [6.45, 7) is 0.670. The van der Waals surface area contributed by atoms with Gasteiger partial charge in [0.25, 0.3) is 0 Å². The first-order valence-electron chi connectivity index (χ1n) is 5.18. The van der Waals surface area contributed by atoms with E-state index in [1.54, 1.807) is 7.11 Å². The number of hydrogen-bond donors (Lipinski definition) is 1. The van der Waals surface area contributed by atoms with Crippen LogP contribution in [0.2, 0.25) is 0 Å². The molecule has 0 amide bonds. The number of aliphatic hydroxyl groups is 1. The fraction of sp³-hybridized carbons (Fsp3) is 0.500. The van der Waals surface area contributed by atoms with Crippen molar-refractivity contribution in [1.29, 1.82) is 0 Å². The first kappa shape index (κ1) is 13.5. The van der Waals surface area contributed by atoms with E-state index in [1.165, 1.54) is 0 Å². The van der Waals surface area contributed by atoms with E-state index in [2.05, 4.69) is 15.9 Å². The fourth-order valence-electron chi connectivity index (χ4n) is 1.59. The lowest BCUT2D eigenvalue weighted by Crippen LogP contribution is -2.27. The number of halogens is 1. The molecule has 0 spiro atoms. The summed E-state index contributed by atoms with van der Waals surface area (Å²) < 4.78 is 6.07. The van der Waals surface area contributed by atoms with Gasteiger partial charge in [0.05, 0.1) is 17.7 Å². The summed E-state index contributed by atoms with van der Waals surface area (Å²) in [5.41, 5.74) is 1.10. The third kappa shape index (κ3) is 4.12. The zero-order chi connectivity index (χ0) is 12.1. The summed E-state index contributed by atoms with van der Waals surface area (Å²) in [6, 6.07) is 5.86. The van der Waals surface area contributed by atoms with Crippen LogP contribution in [-0.2, 0) is 6.42 Å². The summed E-state index contributed by atoms with van der Waals surface area (Å²) in [6.07, 6.45) is 0.316. The third-order valence-electron chi connectivity index (χ3n) is 2.26. The van der Waals surface area contributed by atoms with Gasteiger partial charge < -0.3 is 14.7 Å². The van der Waals surface area contributed by atoms with Crippen LogP contribution in [0.1, 0.15) is 5.56 Å². The number of hydrogen-bond acceptors (Lipinski definition) is 3. The van der Waals surface area contributed by atoms with Gasteiger partial charge in [-0.3, -0.25) is 0 Å². The van der Waals surface area contributed by atoms with E-state index in [9.17, 15) is 5.11 Å². The van der Waals surface area contributed by atoms with Gasteiger partial charge in [-0.05, 0) is 54.1 Å². The maximum Gasteiger partial charge on any atom is 0.133 e. The van der Waals surface area contributed by atoms with Crippen LogP contribution in [0, 0.1) is 0 Å². The Bertz CT molecular complexity index is 342. The molecule has 1 aromatic rings. The SMILES string of the molecule is COc1ccc(CC(O)CN(C)C)cc1Br. The van der Waals surface area contributed by atoms with E-state index in [-0.39, 0.29) is 6.10 Å². The third-order valence-corrected chi connectivity index (χ3v) is 2.88. The van der Waals surface area contributed by atoms with Crippen molar-refractivity contribution in [3.8, 4) is 5.75 Å². The normalized spacial score (nSPS) is 12.9. The Balaban J connectivity index is 2.64. The highest BCUT2D eigenvalue weighted by Gasteiger charge is 2.08. The molecule has 0 aliphatic heterocycles. The predicted molar refractivity (Wildman–Crippen MR) is 69.0 cm³/mol. The number of likely N-dealkylation sites (N-methyl/N-ethyl adjacent to an activating group) is 1. The number of aliphatic hydroxyl groups excluding tert-OH is 1. The molecule has 0 saturated heterocycles. The standard InChI is InChI=1S/C12H18BrNO2/c1-14(2)8-10(15)6-9-4-5-12(16-3)11(13)7-9/h4-5,7,10,15H,6,8H2,1-3H3. The van der Waals surface area contributed by atoms with E-state index >= 15 is 0 Å². The molecule has 0 radical (unpaired) electrons. The quantitative estimate of drug-likeness (QED) is 0.898. The van der Waals surface area contributed by atoms with Gasteiger partial charge in [0, 0.05) is 6.54 Å². The molecule has 1 N–H and O–H groups in total. The predicted octanol–water partition coefficient (Wildman–Crippen LogP) is 1.92. The van der Waals surface area contributed by atoms with Crippen molar-refractivity contribution in [1.82, 2.24) is 4.90 Å². The summed E-state index contributed by atoms with van der Waals surface area (Å²) in [7, 11) is 5.54. The van der Waals surface area contributed by atoms with Crippen molar-refractivity contribution < 1.29 is 9.84 Å². The average molecular weight is 288 g/mol. The van der Waals surface area contributed by atoms with Gasteiger partial charge in [0.1, 0.15) is 5.75 Å². The second-order valence-corrected chi connectivity index (χ2v) is 4.94. The largest absolute Gasteiger partial charge is 0.496 e. The molecule has 0 aliphatic rings. The van der Waals surface area contributed by atoms with Crippen LogP contribution in [0.25, 0.3) is 0 Å². The Morgan fingerprint density at radius 1 is 1.44 bits per heavy atom. The summed E-state index contributed by atoms with van der Waals surface area (Å²) in [5.74, 6) is 0.811. The van der Waals surface area contributed by atoms with Crippen molar-refractivity contribution in [3.63, 3.8) is 0 Å². The Hall–Kier alpha value is -0.580. The summed E-state index contributed by atoms with van der Waals surface area (Å²) in [4.78, 5) is 1.98. The molecule has 0 bridgehead atoms. The van der Waals surface area contributed by atoms with Crippen LogP contribution in [0.15, 0.2) is 22.7 Å². The molecular weight excluding hydrogens is 270 g/mol. The van der Waals surface area contributed by atoms with E-state index in [1.807, 2.05) is 37.2 Å². The van der Waals surface area contributed by atoms with Crippen molar-refractivity contribution >= 4 is 15.9 Å². The second-order valence-electron chi connectivity index (χ2n) is 4.09. The van der Waals surface area contributed by atoms with Crippen molar-refractivity contribution in [2.24, 2.45) is 0 Å². The van der Waals surface area contributed by atoms with Crippen LogP contribution in [0.3, 0.4) is 0 Å². The lowest BCUT2D eigenvalue weighted by molar-refractivity contribution is 0.137. The van der Waals surface area contributed by atoms with Crippen LogP contribution in [0.5, 0.6) is 5.75 Å². The number of benzene rings is 1. The van der Waals surface area contributed by atoms with Gasteiger partial charge in [-0.2, -0.15) is 0 Å². The molecule has 0 aliphatic carbocycles. The number of ether oxygens (including phenoxy) is 1. The summed E-state index contributed by atoms with van der Waals surface area (Å²) in [5, 5.41) is 9.80.